The molecule has 0 aliphatic carbocycles. The Labute approximate surface area is 118 Å². The van der Waals surface area contributed by atoms with Crippen LogP contribution in [0.2, 0.25) is 0 Å². The van der Waals surface area contributed by atoms with Crippen LogP contribution in [-0.4, -0.2) is 60.1 Å². The van der Waals surface area contributed by atoms with Crippen LogP contribution in [0.4, 0.5) is 0 Å². The van der Waals surface area contributed by atoms with E-state index >= 15 is 0 Å². The maximum absolute atomic E-state index is 3.78. The van der Waals surface area contributed by atoms with Crippen LogP contribution < -0.4 is 5.32 Å². The molecule has 1 N–H and O–H groups in total. The fraction of sp³-hybridized carbons (Fsp3) is 1.00. The van der Waals surface area contributed by atoms with Crippen LogP contribution in [0.25, 0.3) is 0 Å². The second kappa shape index (κ2) is 5.71. The number of nitrogens with one attached hydrogen (secondary N) is 1. The first-order chi connectivity index (χ1) is 9.22. The first-order valence-electron chi connectivity index (χ1n) is 8.45. The molecule has 3 atom stereocenters. The van der Waals surface area contributed by atoms with E-state index in [-0.39, 0.29) is 0 Å². The van der Waals surface area contributed by atoms with E-state index < -0.39 is 0 Å². The second-order valence-corrected chi connectivity index (χ2v) is 7.12. The summed E-state index contributed by atoms with van der Waals surface area (Å²) in [4.78, 5) is 5.61. The first kappa shape index (κ1) is 13.8. The largest absolute Gasteiger partial charge is 0.310 e. The third-order valence-corrected chi connectivity index (χ3v) is 5.80. The number of rotatable bonds is 2. The predicted molar refractivity (Wildman–Crippen MR) is 80.5 cm³/mol. The summed E-state index contributed by atoms with van der Waals surface area (Å²) in [5.74, 6) is 0. The van der Waals surface area contributed by atoms with Crippen molar-refractivity contribution in [2.24, 2.45) is 0 Å². The molecule has 3 rings (SSSR count). The molecule has 0 radical (unpaired) electrons. The number of fused-ring (bicyclic) bond motifs is 1. The van der Waals surface area contributed by atoms with E-state index in [9.17, 15) is 0 Å². The fourth-order valence-corrected chi connectivity index (χ4v) is 4.42. The van der Waals surface area contributed by atoms with Gasteiger partial charge in [-0.05, 0) is 58.7 Å². The molecule has 3 heteroatoms. The molecule has 0 aromatic carbocycles. The van der Waals surface area contributed by atoms with Crippen LogP contribution in [0.3, 0.4) is 0 Å². The molecular formula is C16H31N3. The van der Waals surface area contributed by atoms with Crippen molar-refractivity contribution in [1.82, 2.24) is 15.1 Å². The summed E-state index contributed by atoms with van der Waals surface area (Å²) in [5, 5.41) is 3.78. The molecule has 0 aromatic rings. The van der Waals surface area contributed by atoms with Gasteiger partial charge in [0.05, 0.1) is 0 Å². The zero-order valence-corrected chi connectivity index (χ0v) is 12.8. The molecule has 3 unspecified atom stereocenters. The average molecular weight is 265 g/mol. The normalized spacial score (nSPS) is 42.0. The molecule has 0 saturated carbocycles. The molecule has 0 spiro atoms. The van der Waals surface area contributed by atoms with Gasteiger partial charge in [0.25, 0.3) is 0 Å². The second-order valence-electron chi connectivity index (χ2n) is 7.12. The highest BCUT2D eigenvalue weighted by Crippen LogP contribution is 2.32. The van der Waals surface area contributed by atoms with Crippen molar-refractivity contribution in [3.05, 3.63) is 0 Å². The van der Waals surface area contributed by atoms with Crippen molar-refractivity contribution in [3.63, 3.8) is 0 Å². The van der Waals surface area contributed by atoms with Gasteiger partial charge in [-0.15, -0.1) is 0 Å². The van der Waals surface area contributed by atoms with Crippen LogP contribution in [0.15, 0.2) is 0 Å². The maximum atomic E-state index is 3.78. The predicted octanol–water partition coefficient (Wildman–Crippen LogP) is 2.08. The van der Waals surface area contributed by atoms with Crippen molar-refractivity contribution in [1.29, 1.82) is 0 Å². The van der Waals surface area contributed by atoms with Gasteiger partial charge in [-0.1, -0.05) is 13.3 Å². The van der Waals surface area contributed by atoms with Crippen molar-refractivity contribution < 1.29 is 0 Å². The first-order valence-corrected chi connectivity index (χ1v) is 8.45. The van der Waals surface area contributed by atoms with Gasteiger partial charge in [0, 0.05) is 30.7 Å². The fourth-order valence-electron chi connectivity index (χ4n) is 4.42. The number of piperidine rings is 1. The van der Waals surface area contributed by atoms with Crippen LogP contribution in [-0.2, 0) is 0 Å². The van der Waals surface area contributed by atoms with Crippen molar-refractivity contribution in [2.45, 2.75) is 70.0 Å². The quantitative estimate of drug-likeness (QED) is 0.825. The Morgan fingerprint density at radius 2 is 1.79 bits per heavy atom. The summed E-state index contributed by atoms with van der Waals surface area (Å²) in [6, 6.07) is 1.71. The van der Waals surface area contributed by atoms with E-state index in [0.717, 1.165) is 12.1 Å². The molecule has 3 heterocycles. The van der Waals surface area contributed by atoms with Gasteiger partial charge < -0.3 is 5.32 Å². The van der Waals surface area contributed by atoms with Gasteiger partial charge in [0.15, 0.2) is 0 Å². The molecule has 3 aliphatic heterocycles. The van der Waals surface area contributed by atoms with Crippen molar-refractivity contribution >= 4 is 0 Å². The number of hydrogen-bond donors (Lipinski definition) is 1. The van der Waals surface area contributed by atoms with Crippen LogP contribution in [0.1, 0.15) is 52.4 Å². The number of nitrogens with zero attached hydrogens (tertiary/aromatic N) is 2. The monoisotopic (exact) mass is 265 g/mol. The van der Waals surface area contributed by atoms with E-state index in [0.29, 0.717) is 5.54 Å². The number of hydrogen-bond acceptors (Lipinski definition) is 3. The average Bonchev–Trinajstić information content (AvgIpc) is 2.76. The third kappa shape index (κ3) is 2.84. The Kier molecular flexibility index (Phi) is 4.16. The highest BCUT2D eigenvalue weighted by Gasteiger charge is 2.40. The van der Waals surface area contributed by atoms with Crippen molar-refractivity contribution in [3.8, 4) is 0 Å². The summed E-state index contributed by atoms with van der Waals surface area (Å²) in [6.07, 6.45) is 8.29. The molecule has 3 saturated heterocycles. The van der Waals surface area contributed by atoms with Crippen LogP contribution >= 0.6 is 0 Å². The van der Waals surface area contributed by atoms with Gasteiger partial charge >= 0.3 is 0 Å². The van der Waals surface area contributed by atoms with Gasteiger partial charge in [-0.3, -0.25) is 9.80 Å². The Morgan fingerprint density at radius 1 is 1.00 bits per heavy atom. The summed E-state index contributed by atoms with van der Waals surface area (Å²) in [7, 11) is 0. The highest BCUT2D eigenvalue weighted by atomic mass is 15.3. The molecule has 3 nitrogen and oxygen atoms in total. The lowest BCUT2D eigenvalue weighted by molar-refractivity contribution is 0.0995. The summed E-state index contributed by atoms with van der Waals surface area (Å²) >= 11 is 0. The Bertz CT molecular complexity index is 306. The lowest BCUT2D eigenvalue weighted by Crippen LogP contribution is -2.54. The van der Waals surface area contributed by atoms with Crippen LogP contribution in [0, 0.1) is 0 Å². The zero-order valence-electron chi connectivity index (χ0n) is 12.8. The van der Waals surface area contributed by atoms with E-state index in [1.165, 1.54) is 71.2 Å². The molecule has 3 fully saturated rings. The van der Waals surface area contributed by atoms with Gasteiger partial charge in [0.2, 0.25) is 0 Å². The molecule has 19 heavy (non-hydrogen) atoms. The molecule has 3 aliphatic rings. The van der Waals surface area contributed by atoms with E-state index in [4.69, 9.17) is 0 Å². The molecule has 0 aromatic heterocycles. The minimum absolute atomic E-state index is 0.332. The topological polar surface area (TPSA) is 18.5 Å². The minimum atomic E-state index is 0.332. The van der Waals surface area contributed by atoms with E-state index in [2.05, 4.69) is 29.0 Å². The third-order valence-electron chi connectivity index (χ3n) is 5.80. The molecule has 0 amide bonds. The van der Waals surface area contributed by atoms with E-state index in [1.807, 2.05) is 0 Å². The minimum Gasteiger partial charge on any atom is -0.310 e. The molecule has 110 valence electrons. The molecule has 0 bridgehead atoms. The van der Waals surface area contributed by atoms with E-state index in [1.54, 1.807) is 0 Å². The summed E-state index contributed by atoms with van der Waals surface area (Å²) in [6.45, 7) is 11.2. The zero-order chi connectivity index (χ0) is 13.3. The lowest BCUT2D eigenvalue weighted by Gasteiger charge is -2.40. The maximum Gasteiger partial charge on any atom is 0.0277 e. The smallest absolute Gasteiger partial charge is 0.0277 e. The van der Waals surface area contributed by atoms with Gasteiger partial charge in [-0.2, -0.15) is 0 Å². The SMILES string of the molecule is CCC1(C)CN(C2CCN3CCCCC23)CCCN1. The summed E-state index contributed by atoms with van der Waals surface area (Å²) < 4.78 is 0. The lowest BCUT2D eigenvalue weighted by atomic mass is 9.94. The Morgan fingerprint density at radius 3 is 2.63 bits per heavy atom. The Hall–Kier alpha value is -0.120. The van der Waals surface area contributed by atoms with Gasteiger partial charge in [0.1, 0.15) is 0 Å². The summed E-state index contributed by atoms with van der Waals surface area (Å²) in [5.41, 5.74) is 0.332. The van der Waals surface area contributed by atoms with Crippen molar-refractivity contribution in [2.75, 3.05) is 32.7 Å². The molecular weight excluding hydrogens is 234 g/mol. The highest BCUT2D eigenvalue weighted by molar-refractivity contribution is 4.99. The standard InChI is InChI=1S/C16H31N3/c1-3-16(2)13-19(11-6-9-17-16)15-8-12-18-10-5-4-7-14(15)18/h14-15,17H,3-13H2,1-2H3. The Balaban J connectivity index is 1.70. The van der Waals surface area contributed by atoms with Gasteiger partial charge in [-0.25, -0.2) is 0 Å². The van der Waals surface area contributed by atoms with Crippen LogP contribution in [0.5, 0.6) is 0 Å².